The van der Waals surface area contributed by atoms with Gasteiger partial charge in [-0.3, -0.25) is 4.98 Å². The third-order valence-corrected chi connectivity index (χ3v) is 5.65. The van der Waals surface area contributed by atoms with E-state index >= 15 is 0 Å². The summed E-state index contributed by atoms with van der Waals surface area (Å²) in [5.41, 5.74) is 2.61. The molecule has 0 atom stereocenters. The number of aromatic nitrogens is 2. The van der Waals surface area contributed by atoms with Gasteiger partial charge in [0.05, 0.1) is 23.8 Å². The molecule has 3 heterocycles. The van der Waals surface area contributed by atoms with Crippen LogP contribution in [0.1, 0.15) is 6.92 Å². The van der Waals surface area contributed by atoms with Crippen molar-refractivity contribution in [3.8, 4) is 27.8 Å². The summed E-state index contributed by atoms with van der Waals surface area (Å²) in [4.78, 5) is 9.40. The number of ether oxygens (including phenoxy) is 3. The van der Waals surface area contributed by atoms with E-state index in [1.165, 1.54) is 0 Å². The highest BCUT2D eigenvalue weighted by Crippen LogP contribution is 2.44. The molecule has 7 heteroatoms. The maximum Gasteiger partial charge on any atom is 0.180 e. The summed E-state index contributed by atoms with van der Waals surface area (Å²) in [6.07, 6.45) is 1.73. The molecule has 2 aromatic carbocycles. The fraction of sp³-hybridized carbons (Fsp3) is 0.200. The van der Waals surface area contributed by atoms with Gasteiger partial charge in [0, 0.05) is 16.0 Å². The second kappa shape index (κ2) is 6.55. The summed E-state index contributed by atoms with van der Waals surface area (Å²) in [6.45, 7) is 3.64. The van der Waals surface area contributed by atoms with Crippen LogP contribution in [-0.4, -0.2) is 29.8 Å². The van der Waals surface area contributed by atoms with Crippen molar-refractivity contribution in [1.29, 1.82) is 0 Å². The molecule has 1 aliphatic heterocycles. The van der Waals surface area contributed by atoms with E-state index in [0.29, 0.717) is 24.8 Å². The van der Waals surface area contributed by atoms with Crippen LogP contribution in [0.4, 0.5) is 0 Å². The number of pyridine rings is 1. The number of thiazole rings is 1. The van der Waals surface area contributed by atoms with Crippen molar-refractivity contribution in [3.63, 3.8) is 0 Å². The molecule has 27 heavy (non-hydrogen) atoms. The third kappa shape index (κ3) is 2.85. The monoisotopic (exact) mass is 398 g/mol. The molecule has 5 rings (SSSR count). The van der Waals surface area contributed by atoms with Gasteiger partial charge in [0.15, 0.2) is 11.5 Å². The van der Waals surface area contributed by atoms with E-state index in [4.69, 9.17) is 30.8 Å². The van der Waals surface area contributed by atoms with Gasteiger partial charge >= 0.3 is 0 Å². The SMILES string of the molecule is CCOc1cnc2c(-c3nc4ccc5c(c4s3)OCCO5)cc(Cl)cc2c1. The molecule has 0 radical (unpaired) electrons. The lowest BCUT2D eigenvalue weighted by atomic mass is 10.1. The Bertz CT molecular complexity index is 1180. The summed E-state index contributed by atoms with van der Waals surface area (Å²) in [6, 6.07) is 9.60. The molecule has 0 saturated heterocycles. The standard InChI is InChI=1S/C20H15ClN2O3S/c1-2-24-13-8-11-7-12(21)9-14(17(11)22-10-13)20-23-15-3-4-16-18(19(15)27-20)26-6-5-25-16/h3-4,7-10H,2,5-6H2,1H3. The average molecular weight is 399 g/mol. The topological polar surface area (TPSA) is 53.5 Å². The molecule has 0 spiro atoms. The van der Waals surface area contributed by atoms with Gasteiger partial charge in [-0.15, -0.1) is 11.3 Å². The highest BCUT2D eigenvalue weighted by atomic mass is 35.5. The number of hydrogen-bond donors (Lipinski definition) is 0. The number of hydrogen-bond acceptors (Lipinski definition) is 6. The Morgan fingerprint density at radius 1 is 1.19 bits per heavy atom. The van der Waals surface area contributed by atoms with Gasteiger partial charge in [0.2, 0.25) is 0 Å². The van der Waals surface area contributed by atoms with Crippen molar-refractivity contribution in [2.75, 3.05) is 19.8 Å². The van der Waals surface area contributed by atoms with Crippen LogP contribution >= 0.6 is 22.9 Å². The molecule has 0 aliphatic carbocycles. The Hall–Kier alpha value is -2.57. The molecule has 5 nitrogen and oxygen atoms in total. The van der Waals surface area contributed by atoms with Crippen LogP contribution in [0.5, 0.6) is 17.2 Å². The van der Waals surface area contributed by atoms with Crippen LogP contribution in [-0.2, 0) is 0 Å². The van der Waals surface area contributed by atoms with Gasteiger partial charge in [-0.25, -0.2) is 4.98 Å². The number of fused-ring (bicyclic) bond motifs is 4. The first-order valence-corrected chi connectivity index (χ1v) is 9.84. The summed E-state index contributed by atoms with van der Waals surface area (Å²) in [5, 5.41) is 2.40. The predicted molar refractivity (Wildman–Crippen MR) is 108 cm³/mol. The Morgan fingerprint density at radius 2 is 2.07 bits per heavy atom. The molecule has 1 aliphatic rings. The molecule has 0 saturated carbocycles. The average Bonchev–Trinajstić information content (AvgIpc) is 3.12. The molecule has 0 unspecified atom stereocenters. The van der Waals surface area contributed by atoms with Crippen molar-refractivity contribution in [2.24, 2.45) is 0 Å². The Balaban J connectivity index is 1.71. The van der Waals surface area contributed by atoms with Crippen LogP contribution in [0, 0.1) is 0 Å². The Kier molecular flexibility index (Phi) is 4.02. The van der Waals surface area contributed by atoms with Gasteiger partial charge < -0.3 is 14.2 Å². The van der Waals surface area contributed by atoms with E-state index in [-0.39, 0.29) is 0 Å². The zero-order chi connectivity index (χ0) is 18.4. The minimum Gasteiger partial charge on any atom is -0.492 e. The molecule has 0 N–H and O–H groups in total. The lowest BCUT2D eigenvalue weighted by molar-refractivity contribution is 0.174. The minimum atomic E-state index is 0.543. The number of nitrogens with zero attached hydrogens (tertiary/aromatic N) is 2. The summed E-state index contributed by atoms with van der Waals surface area (Å²) in [5.74, 6) is 2.25. The van der Waals surface area contributed by atoms with Gasteiger partial charge in [0.1, 0.15) is 28.7 Å². The number of rotatable bonds is 3. The second-order valence-corrected chi connectivity index (χ2v) is 7.52. The molecule has 2 aromatic heterocycles. The van der Waals surface area contributed by atoms with E-state index in [1.54, 1.807) is 17.5 Å². The predicted octanol–water partition coefficient (Wildman–Crippen LogP) is 5.33. The van der Waals surface area contributed by atoms with Crippen LogP contribution in [0.3, 0.4) is 0 Å². The van der Waals surface area contributed by atoms with Crippen molar-refractivity contribution in [1.82, 2.24) is 9.97 Å². The number of benzene rings is 2. The van der Waals surface area contributed by atoms with Crippen LogP contribution in [0.25, 0.3) is 31.7 Å². The maximum absolute atomic E-state index is 6.38. The molecule has 0 bridgehead atoms. The first kappa shape index (κ1) is 16.6. The molecular weight excluding hydrogens is 384 g/mol. The van der Waals surface area contributed by atoms with Gasteiger partial charge in [0.25, 0.3) is 0 Å². The van der Waals surface area contributed by atoms with Crippen LogP contribution in [0.2, 0.25) is 5.02 Å². The minimum absolute atomic E-state index is 0.543. The normalized spacial score (nSPS) is 13.3. The van der Waals surface area contributed by atoms with E-state index in [2.05, 4.69) is 4.98 Å². The van der Waals surface area contributed by atoms with E-state index in [1.807, 2.05) is 37.3 Å². The fourth-order valence-corrected chi connectivity index (χ4v) is 4.51. The largest absolute Gasteiger partial charge is 0.492 e. The van der Waals surface area contributed by atoms with E-state index in [9.17, 15) is 0 Å². The first-order chi connectivity index (χ1) is 13.2. The molecule has 136 valence electrons. The van der Waals surface area contributed by atoms with Crippen molar-refractivity contribution in [2.45, 2.75) is 6.92 Å². The lowest BCUT2D eigenvalue weighted by Gasteiger charge is -2.18. The smallest absolute Gasteiger partial charge is 0.180 e. The Labute approximate surface area is 164 Å². The summed E-state index contributed by atoms with van der Waals surface area (Å²) in [7, 11) is 0. The summed E-state index contributed by atoms with van der Waals surface area (Å²) < 4.78 is 18.0. The molecule has 0 amide bonds. The third-order valence-electron chi connectivity index (χ3n) is 4.33. The van der Waals surface area contributed by atoms with Gasteiger partial charge in [-0.2, -0.15) is 0 Å². The number of halogens is 1. The zero-order valence-electron chi connectivity index (χ0n) is 14.5. The first-order valence-electron chi connectivity index (χ1n) is 8.64. The highest BCUT2D eigenvalue weighted by Gasteiger charge is 2.20. The van der Waals surface area contributed by atoms with Crippen molar-refractivity contribution < 1.29 is 14.2 Å². The van der Waals surface area contributed by atoms with Crippen LogP contribution in [0.15, 0.2) is 36.5 Å². The quantitative estimate of drug-likeness (QED) is 0.466. The highest BCUT2D eigenvalue weighted by molar-refractivity contribution is 7.22. The van der Waals surface area contributed by atoms with E-state index < -0.39 is 0 Å². The molecule has 4 aromatic rings. The van der Waals surface area contributed by atoms with E-state index in [0.717, 1.165) is 48.9 Å². The van der Waals surface area contributed by atoms with Gasteiger partial charge in [-0.1, -0.05) is 11.6 Å². The van der Waals surface area contributed by atoms with Gasteiger partial charge in [-0.05, 0) is 37.3 Å². The lowest BCUT2D eigenvalue weighted by Crippen LogP contribution is -2.15. The van der Waals surface area contributed by atoms with Crippen molar-refractivity contribution in [3.05, 3.63) is 41.6 Å². The summed E-state index contributed by atoms with van der Waals surface area (Å²) >= 11 is 7.94. The van der Waals surface area contributed by atoms with Crippen molar-refractivity contribution >= 4 is 44.1 Å². The van der Waals surface area contributed by atoms with Crippen LogP contribution < -0.4 is 14.2 Å². The second-order valence-electron chi connectivity index (χ2n) is 6.09. The molecule has 0 fully saturated rings. The maximum atomic E-state index is 6.38. The fourth-order valence-electron chi connectivity index (χ4n) is 3.21. The zero-order valence-corrected chi connectivity index (χ0v) is 16.1. The Morgan fingerprint density at radius 3 is 2.96 bits per heavy atom. The molecular formula is C20H15ClN2O3S.